The fourth-order valence-electron chi connectivity index (χ4n) is 2.09. The Hall–Kier alpha value is -2.14. The van der Waals surface area contributed by atoms with Crippen LogP contribution < -0.4 is 0 Å². The lowest BCUT2D eigenvalue weighted by Gasteiger charge is -2.07. The van der Waals surface area contributed by atoms with E-state index in [1.54, 1.807) is 19.0 Å². The molecule has 0 saturated heterocycles. The minimum Gasteiger partial charge on any atom is -0.360 e. The first-order valence-electron chi connectivity index (χ1n) is 6.36. The van der Waals surface area contributed by atoms with Crippen LogP contribution in [0.2, 0.25) is 0 Å². The zero-order valence-corrected chi connectivity index (χ0v) is 12.2. The Kier molecular flexibility index (Phi) is 3.28. The quantitative estimate of drug-likeness (QED) is 0.804. The van der Waals surface area contributed by atoms with Crippen LogP contribution >= 0.6 is 11.3 Å². The van der Waals surface area contributed by atoms with Gasteiger partial charge in [-0.15, -0.1) is 11.3 Å². The molecule has 5 heteroatoms. The van der Waals surface area contributed by atoms with Crippen LogP contribution in [0.15, 0.2) is 35.8 Å². The molecule has 102 valence electrons. The number of nitrogens with zero attached hydrogens (tertiary/aromatic N) is 2. The van der Waals surface area contributed by atoms with E-state index in [9.17, 15) is 4.79 Å². The smallest absolute Gasteiger partial charge is 0.228 e. The summed E-state index contributed by atoms with van der Waals surface area (Å²) in [6.07, 6.45) is 2.33. The number of likely N-dealkylation sites (N-methyl/N-ethyl adjacent to an activating group) is 1. The van der Waals surface area contributed by atoms with E-state index in [0.29, 0.717) is 6.42 Å². The highest BCUT2D eigenvalue weighted by Crippen LogP contribution is 2.29. The Morgan fingerprint density at radius 2 is 2.15 bits per heavy atom. The van der Waals surface area contributed by atoms with Gasteiger partial charge in [0.2, 0.25) is 5.91 Å². The second kappa shape index (κ2) is 5.09. The van der Waals surface area contributed by atoms with Gasteiger partial charge in [-0.25, -0.2) is 4.98 Å². The Balaban J connectivity index is 1.92. The second-order valence-corrected chi connectivity index (χ2v) is 5.78. The van der Waals surface area contributed by atoms with E-state index < -0.39 is 0 Å². The normalized spacial score (nSPS) is 10.9. The van der Waals surface area contributed by atoms with E-state index in [1.165, 1.54) is 11.3 Å². The lowest BCUT2D eigenvalue weighted by atomic mass is 10.1. The maximum Gasteiger partial charge on any atom is 0.228 e. The van der Waals surface area contributed by atoms with E-state index in [-0.39, 0.29) is 5.91 Å². The Bertz CT molecular complexity index is 757. The van der Waals surface area contributed by atoms with Gasteiger partial charge in [0.25, 0.3) is 0 Å². The summed E-state index contributed by atoms with van der Waals surface area (Å²) in [6, 6.07) is 8.14. The zero-order chi connectivity index (χ0) is 14.1. The summed E-state index contributed by atoms with van der Waals surface area (Å²) in [5, 5.41) is 4.01. The molecule has 0 fully saturated rings. The van der Waals surface area contributed by atoms with Crippen LogP contribution in [0.3, 0.4) is 0 Å². The molecule has 1 N–H and O–H groups in total. The van der Waals surface area contributed by atoms with Gasteiger partial charge in [-0.05, 0) is 6.07 Å². The van der Waals surface area contributed by atoms with Gasteiger partial charge in [0, 0.05) is 42.1 Å². The molecule has 2 heterocycles. The largest absolute Gasteiger partial charge is 0.360 e. The number of hydrogen-bond acceptors (Lipinski definition) is 3. The van der Waals surface area contributed by atoms with Gasteiger partial charge in [-0.1, -0.05) is 18.2 Å². The third-order valence-corrected chi connectivity index (χ3v) is 4.07. The number of H-pyrrole nitrogens is 1. The highest BCUT2D eigenvalue weighted by molar-refractivity contribution is 7.10. The Morgan fingerprint density at radius 3 is 2.95 bits per heavy atom. The molecule has 0 saturated carbocycles. The molecule has 20 heavy (non-hydrogen) atoms. The first-order chi connectivity index (χ1) is 9.65. The predicted molar refractivity (Wildman–Crippen MR) is 81.8 cm³/mol. The molecule has 4 nitrogen and oxygen atoms in total. The number of carbonyl (C=O) groups excluding carboxylic acids is 1. The number of aromatic nitrogens is 2. The number of rotatable bonds is 3. The summed E-state index contributed by atoms with van der Waals surface area (Å²) in [5.74, 6) is 0.0739. The summed E-state index contributed by atoms with van der Waals surface area (Å²) in [7, 11) is 3.52. The lowest BCUT2D eigenvalue weighted by molar-refractivity contribution is -0.127. The van der Waals surface area contributed by atoms with Crippen molar-refractivity contribution in [2.45, 2.75) is 6.42 Å². The molecule has 2 aromatic heterocycles. The molecule has 0 aliphatic heterocycles. The molecule has 0 atom stereocenters. The Morgan fingerprint density at radius 1 is 1.35 bits per heavy atom. The topological polar surface area (TPSA) is 49.0 Å². The molecular formula is C15H15N3OS. The number of benzene rings is 1. The van der Waals surface area contributed by atoms with Crippen LogP contribution in [-0.2, 0) is 11.2 Å². The first-order valence-corrected chi connectivity index (χ1v) is 7.24. The fourth-order valence-corrected chi connectivity index (χ4v) is 2.87. The highest BCUT2D eigenvalue weighted by atomic mass is 32.1. The zero-order valence-electron chi connectivity index (χ0n) is 11.4. The van der Waals surface area contributed by atoms with Crippen molar-refractivity contribution in [2.24, 2.45) is 0 Å². The molecule has 0 aliphatic rings. The molecule has 0 unspecified atom stereocenters. The molecule has 3 rings (SSSR count). The number of hydrogen-bond donors (Lipinski definition) is 1. The van der Waals surface area contributed by atoms with Crippen LogP contribution in [0.4, 0.5) is 0 Å². The predicted octanol–water partition coefficient (Wildman–Crippen LogP) is 2.92. The second-order valence-electron chi connectivity index (χ2n) is 4.84. The molecule has 0 aliphatic carbocycles. The van der Waals surface area contributed by atoms with Crippen LogP contribution in [0, 0.1) is 0 Å². The Labute approximate surface area is 121 Å². The van der Waals surface area contributed by atoms with E-state index >= 15 is 0 Å². The van der Waals surface area contributed by atoms with Crippen molar-refractivity contribution in [1.82, 2.24) is 14.9 Å². The van der Waals surface area contributed by atoms with Crippen molar-refractivity contribution in [3.63, 3.8) is 0 Å². The SMILES string of the molecule is CN(C)C(=O)Cc1nc(-c2c[nH]c3ccccc23)cs1. The summed E-state index contributed by atoms with van der Waals surface area (Å²) >= 11 is 1.53. The summed E-state index contributed by atoms with van der Waals surface area (Å²) in [5.41, 5.74) is 3.11. The van der Waals surface area contributed by atoms with Gasteiger partial charge in [-0.3, -0.25) is 4.79 Å². The average molecular weight is 285 g/mol. The van der Waals surface area contributed by atoms with Gasteiger partial charge < -0.3 is 9.88 Å². The lowest BCUT2D eigenvalue weighted by Crippen LogP contribution is -2.23. The monoisotopic (exact) mass is 285 g/mol. The minimum atomic E-state index is 0.0739. The standard InChI is InChI=1S/C15H15N3OS/c1-18(2)15(19)7-14-17-13(9-20-14)11-8-16-12-6-4-3-5-10(11)12/h3-6,8-9,16H,7H2,1-2H3. The first kappa shape index (κ1) is 12.9. The van der Waals surface area contributed by atoms with E-state index in [0.717, 1.165) is 27.2 Å². The molecule has 1 amide bonds. The van der Waals surface area contributed by atoms with Gasteiger partial charge in [0.1, 0.15) is 5.01 Å². The van der Waals surface area contributed by atoms with Gasteiger partial charge in [-0.2, -0.15) is 0 Å². The van der Waals surface area contributed by atoms with Crippen LogP contribution in [0.5, 0.6) is 0 Å². The van der Waals surface area contributed by atoms with Crippen LogP contribution in [0.1, 0.15) is 5.01 Å². The summed E-state index contributed by atoms with van der Waals surface area (Å²) < 4.78 is 0. The highest BCUT2D eigenvalue weighted by Gasteiger charge is 2.12. The maximum atomic E-state index is 11.7. The number of amides is 1. The van der Waals surface area contributed by atoms with Crippen molar-refractivity contribution in [1.29, 1.82) is 0 Å². The molecule has 1 aromatic carbocycles. The number of carbonyl (C=O) groups is 1. The van der Waals surface area contributed by atoms with Gasteiger partial charge in [0.15, 0.2) is 0 Å². The van der Waals surface area contributed by atoms with Crippen molar-refractivity contribution in [2.75, 3.05) is 14.1 Å². The average Bonchev–Trinajstić information content (AvgIpc) is 3.04. The van der Waals surface area contributed by atoms with Gasteiger partial charge in [0.05, 0.1) is 12.1 Å². The van der Waals surface area contributed by atoms with Crippen LogP contribution in [-0.4, -0.2) is 34.9 Å². The van der Waals surface area contributed by atoms with Crippen molar-refractivity contribution >= 4 is 28.1 Å². The van der Waals surface area contributed by atoms with Crippen molar-refractivity contribution in [3.8, 4) is 11.3 Å². The number of para-hydroxylation sites is 1. The molecule has 0 spiro atoms. The third-order valence-electron chi connectivity index (χ3n) is 3.22. The number of fused-ring (bicyclic) bond motifs is 1. The molecule has 3 aromatic rings. The van der Waals surface area contributed by atoms with E-state index in [1.807, 2.05) is 29.8 Å². The third kappa shape index (κ3) is 2.32. The number of nitrogens with one attached hydrogen (secondary N) is 1. The summed E-state index contributed by atoms with van der Waals surface area (Å²) in [6.45, 7) is 0. The minimum absolute atomic E-state index is 0.0739. The van der Waals surface area contributed by atoms with Crippen molar-refractivity contribution < 1.29 is 4.79 Å². The van der Waals surface area contributed by atoms with Crippen molar-refractivity contribution in [3.05, 3.63) is 40.8 Å². The van der Waals surface area contributed by atoms with Gasteiger partial charge >= 0.3 is 0 Å². The molecule has 0 bridgehead atoms. The van der Waals surface area contributed by atoms with E-state index in [4.69, 9.17) is 0 Å². The molecular weight excluding hydrogens is 270 g/mol. The number of aromatic amines is 1. The fraction of sp³-hybridized carbons (Fsp3) is 0.200. The van der Waals surface area contributed by atoms with Crippen LogP contribution in [0.25, 0.3) is 22.2 Å². The number of thiazole rings is 1. The maximum absolute atomic E-state index is 11.7. The summed E-state index contributed by atoms with van der Waals surface area (Å²) in [4.78, 5) is 21.1. The van der Waals surface area contributed by atoms with E-state index in [2.05, 4.69) is 16.0 Å². The molecule has 0 radical (unpaired) electrons.